The van der Waals surface area contributed by atoms with Crippen LogP contribution in [0.25, 0.3) is 0 Å². The molecule has 3 N–H and O–H groups in total. The first-order valence-corrected chi connectivity index (χ1v) is 5.40. The Morgan fingerprint density at radius 1 is 1.56 bits per heavy atom. The largest absolute Gasteiger partial charge is 0.478 e. The second-order valence-corrected chi connectivity index (χ2v) is 3.70. The van der Waals surface area contributed by atoms with Crippen molar-refractivity contribution in [3.63, 3.8) is 0 Å². The van der Waals surface area contributed by atoms with Crippen LogP contribution >= 0.6 is 0 Å². The summed E-state index contributed by atoms with van der Waals surface area (Å²) in [6, 6.07) is 3.80. The van der Waals surface area contributed by atoms with Gasteiger partial charge in [0.15, 0.2) is 0 Å². The zero-order valence-electron chi connectivity index (χ0n) is 9.79. The smallest absolute Gasteiger partial charge is 0.338 e. The van der Waals surface area contributed by atoms with Gasteiger partial charge < -0.3 is 15.5 Å². The topological polar surface area (TPSA) is 113 Å². The van der Waals surface area contributed by atoms with Gasteiger partial charge >= 0.3 is 5.97 Å². The van der Waals surface area contributed by atoms with E-state index >= 15 is 0 Å². The highest BCUT2D eigenvalue weighted by Gasteiger charge is 2.21. The highest BCUT2D eigenvalue weighted by Crippen LogP contribution is 2.28. The van der Waals surface area contributed by atoms with Gasteiger partial charge in [-0.2, -0.15) is 0 Å². The first-order valence-electron chi connectivity index (χ1n) is 5.40. The van der Waals surface area contributed by atoms with Gasteiger partial charge in [-0.15, -0.1) is 0 Å². The van der Waals surface area contributed by atoms with Crippen LogP contribution in [-0.4, -0.2) is 33.8 Å². The molecular weight excluding hydrogens is 240 g/mol. The van der Waals surface area contributed by atoms with Gasteiger partial charge in [0.2, 0.25) is 0 Å². The number of carboxylic acid groups (broad SMARTS) is 1. The number of para-hydroxylation sites is 1. The Morgan fingerprint density at radius 3 is 2.72 bits per heavy atom. The predicted octanol–water partition coefficient (Wildman–Crippen LogP) is 1.48. The van der Waals surface area contributed by atoms with E-state index in [-0.39, 0.29) is 23.5 Å². The number of rotatable bonds is 6. The first-order chi connectivity index (χ1) is 8.47. The number of carboxylic acids is 1. The van der Waals surface area contributed by atoms with Crippen molar-refractivity contribution >= 4 is 17.3 Å². The summed E-state index contributed by atoms with van der Waals surface area (Å²) in [5.41, 5.74) is -0.590. The van der Waals surface area contributed by atoms with Gasteiger partial charge in [0.1, 0.15) is 5.69 Å². The number of aromatic carboxylic acids is 1. The van der Waals surface area contributed by atoms with E-state index < -0.39 is 17.0 Å². The molecule has 1 rings (SSSR count). The molecule has 0 aliphatic rings. The summed E-state index contributed by atoms with van der Waals surface area (Å²) in [5.74, 6) is -1.26. The van der Waals surface area contributed by atoms with Crippen molar-refractivity contribution in [2.45, 2.75) is 19.4 Å². The second-order valence-electron chi connectivity index (χ2n) is 3.70. The number of nitrogens with one attached hydrogen (secondary N) is 1. The standard InChI is InChI=1S/C11H14N2O5/c1-2-7(14)6-12-10-8(11(15)16)4-3-5-9(10)13(17)18/h3-5,7,12,14H,2,6H2,1H3,(H,15,16). The van der Waals surface area contributed by atoms with E-state index in [4.69, 9.17) is 5.11 Å². The van der Waals surface area contributed by atoms with Crippen LogP contribution in [-0.2, 0) is 0 Å². The lowest BCUT2D eigenvalue weighted by molar-refractivity contribution is -0.384. The van der Waals surface area contributed by atoms with Crippen LogP contribution in [0.2, 0.25) is 0 Å². The number of aliphatic hydroxyl groups is 1. The quantitative estimate of drug-likeness (QED) is 0.523. The van der Waals surface area contributed by atoms with E-state index in [9.17, 15) is 20.0 Å². The molecule has 0 heterocycles. The van der Waals surface area contributed by atoms with Crippen LogP contribution in [0.5, 0.6) is 0 Å². The first kappa shape index (κ1) is 13.9. The number of nitro benzene ring substituents is 1. The Morgan fingerprint density at radius 2 is 2.22 bits per heavy atom. The summed E-state index contributed by atoms with van der Waals surface area (Å²) in [7, 11) is 0. The van der Waals surface area contributed by atoms with Crippen LogP contribution in [0.3, 0.4) is 0 Å². The number of anilines is 1. The molecule has 1 aromatic rings. The number of nitrogens with zero attached hydrogens (tertiary/aromatic N) is 1. The molecule has 7 nitrogen and oxygen atoms in total. The maximum Gasteiger partial charge on any atom is 0.338 e. The van der Waals surface area contributed by atoms with Gasteiger partial charge in [-0.05, 0) is 12.5 Å². The average Bonchev–Trinajstić information content (AvgIpc) is 2.34. The lowest BCUT2D eigenvalue weighted by Crippen LogP contribution is -2.20. The Balaban J connectivity index is 3.11. The molecule has 98 valence electrons. The van der Waals surface area contributed by atoms with Crippen molar-refractivity contribution in [1.29, 1.82) is 0 Å². The van der Waals surface area contributed by atoms with E-state index in [0.717, 1.165) is 0 Å². The molecule has 0 radical (unpaired) electrons. The van der Waals surface area contributed by atoms with Crippen LogP contribution in [0, 0.1) is 10.1 Å². The molecule has 0 fully saturated rings. The summed E-state index contributed by atoms with van der Waals surface area (Å²) in [6.07, 6.45) is -0.220. The molecular formula is C11H14N2O5. The molecule has 0 aromatic heterocycles. The van der Waals surface area contributed by atoms with E-state index in [0.29, 0.717) is 6.42 Å². The SMILES string of the molecule is CCC(O)CNc1c(C(=O)O)cccc1[N+](=O)[O-]. The zero-order chi connectivity index (χ0) is 13.7. The van der Waals surface area contributed by atoms with E-state index in [1.165, 1.54) is 18.2 Å². The minimum Gasteiger partial charge on any atom is -0.478 e. The lowest BCUT2D eigenvalue weighted by Gasteiger charge is -2.12. The van der Waals surface area contributed by atoms with E-state index in [1.807, 2.05) is 0 Å². The molecule has 0 amide bonds. The van der Waals surface area contributed by atoms with E-state index in [1.54, 1.807) is 6.92 Å². The molecule has 1 atom stereocenters. The summed E-state index contributed by atoms with van der Waals surface area (Å²) in [6.45, 7) is 1.81. The van der Waals surface area contributed by atoms with Crippen molar-refractivity contribution < 1.29 is 19.9 Å². The molecule has 1 unspecified atom stereocenters. The normalized spacial score (nSPS) is 11.9. The number of hydrogen-bond acceptors (Lipinski definition) is 5. The average molecular weight is 254 g/mol. The number of aliphatic hydroxyl groups excluding tert-OH is 1. The maximum absolute atomic E-state index is 11.0. The third kappa shape index (κ3) is 3.17. The number of nitro groups is 1. The van der Waals surface area contributed by atoms with Crippen molar-refractivity contribution in [2.24, 2.45) is 0 Å². The summed E-state index contributed by atoms with van der Waals surface area (Å²) >= 11 is 0. The third-order valence-corrected chi connectivity index (χ3v) is 2.46. The van der Waals surface area contributed by atoms with Crippen molar-refractivity contribution in [1.82, 2.24) is 0 Å². The number of hydrogen-bond donors (Lipinski definition) is 3. The molecule has 7 heteroatoms. The van der Waals surface area contributed by atoms with Crippen molar-refractivity contribution in [2.75, 3.05) is 11.9 Å². The summed E-state index contributed by atoms with van der Waals surface area (Å²) in [4.78, 5) is 21.1. The maximum atomic E-state index is 11.0. The fourth-order valence-electron chi connectivity index (χ4n) is 1.42. The van der Waals surface area contributed by atoms with Gasteiger partial charge in [-0.25, -0.2) is 4.79 Å². The summed E-state index contributed by atoms with van der Waals surface area (Å²) < 4.78 is 0. The zero-order valence-corrected chi connectivity index (χ0v) is 9.79. The molecule has 0 saturated heterocycles. The molecule has 0 spiro atoms. The molecule has 0 aliphatic carbocycles. The molecule has 1 aromatic carbocycles. The molecule has 0 saturated carbocycles. The van der Waals surface area contributed by atoms with Gasteiger partial charge in [0.25, 0.3) is 5.69 Å². The van der Waals surface area contributed by atoms with Crippen molar-refractivity contribution in [3.05, 3.63) is 33.9 Å². The number of carbonyl (C=O) groups is 1. The van der Waals surface area contributed by atoms with Gasteiger partial charge in [0, 0.05) is 12.6 Å². The fraction of sp³-hybridized carbons (Fsp3) is 0.364. The minimum absolute atomic E-state index is 0.0572. The van der Waals surface area contributed by atoms with Crippen molar-refractivity contribution in [3.8, 4) is 0 Å². The third-order valence-electron chi connectivity index (χ3n) is 2.46. The molecule has 0 bridgehead atoms. The Labute approximate surface area is 103 Å². The Kier molecular flexibility index (Phi) is 4.61. The van der Waals surface area contributed by atoms with Crippen LogP contribution < -0.4 is 5.32 Å². The predicted molar refractivity (Wildman–Crippen MR) is 64.8 cm³/mol. The monoisotopic (exact) mass is 254 g/mol. The fourth-order valence-corrected chi connectivity index (χ4v) is 1.42. The Hall–Kier alpha value is -2.15. The van der Waals surface area contributed by atoms with Gasteiger partial charge in [-0.1, -0.05) is 13.0 Å². The minimum atomic E-state index is -1.26. The van der Waals surface area contributed by atoms with Crippen LogP contribution in [0.4, 0.5) is 11.4 Å². The van der Waals surface area contributed by atoms with Crippen LogP contribution in [0.1, 0.15) is 23.7 Å². The van der Waals surface area contributed by atoms with Crippen LogP contribution in [0.15, 0.2) is 18.2 Å². The molecule has 18 heavy (non-hydrogen) atoms. The Bertz CT molecular complexity index is 428. The van der Waals surface area contributed by atoms with Gasteiger partial charge in [-0.3, -0.25) is 10.1 Å². The highest BCUT2D eigenvalue weighted by atomic mass is 16.6. The lowest BCUT2D eigenvalue weighted by atomic mass is 10.1. The molecule has 0 aliphatic heterocycles. The number of benzene rings is 1. The second kappa shape index (κ2) is 5.97. The van der Waals surface area contributed by atoms with E-state index in [2.05, 4.69) is 5.32 Å². The summed E-state index contributed by atoms with van der Waals surface area (Å²) in [5, 5.41) is 31.8. The van der Waals surface area contributed by atoms with Gasteiger partial charge in [0.05, 0.1) is 16.6 Å². The highest BCUT2D eigenvalue weighted by molar-refractivity contribution is 5.96.